The fraction of sp³-hybridized carbons (Fsp3) is 0.211. The average Bonchev–Trinajstić information content (AvgIpc) is 2.61. The minimum Gasteiger partial charge on any atom is -0.493 e. The van der Waals surface area contributed by atoms with E-state index in [0.29, 0.717) is 28.3 Å². The summed E-state index contributed by atoms with van der Waals surface area (Å²) in [7, 11) is 1.46. The summed E-state index contributed by atoms with van der Waals surface area (Å²) < 4.78 is 10.9. The third-order valence-corrected chi connectivity index (χ3v) is 3.50. The van der Waals surface area contributed by atoms with Gasteiger partial charge in [0.25, 0.3) is 5.91 Å². The number of ketones is 1. The standard InChI is InChI=1S/C19H18N2O4/c1-12(22)15-7-8-17(18(10-15)24-3)25-13(2)19(23)21-16-6-4-5-14(9-16)11-20/h4-10,13H,1-3H3,(H,21,23). The fourth-order valence-corrected chi connectivity index (χ4v) is 2.14. The largest absolute Gasteiger partial charge is 0.493 e. The minimum absolute atomic E-state index is 0.0898. The molecule has 0 bridgehead atoms. The summed E-state index contributed by atoms with van der Waals surface area (Å²) in [5.74, 6) is 0.278. The van der Waals surface area contributed by atoms with Gasteiger partial charge in [0, 0.05) is 11.3 Å². The van der Waals surface area contributed by atoms with Crippen molar-refractivity contribution in [3.63, 3.8) is 0 Å². The lowest BCUT2D eigenvalue weighted by Gasteiger charge is -2.17. The molecule has 0 aliphatic carbocycles. The van der Waals surface area contributed by atoms with E-state index < -0.39 is 6.10 Å². The van der Waals surface area contributed by atoms with Gasteiger partial charge in [-0.2, -0.15) is 5.26 Å². The summed E-state index contributed by atoms with van der Waals surface area (Å²) in [6.07, 6.45) is -0.803. The summed E-state index contributed by atoms with van der Waals surface area (Å²) in [5.41, 5.74) is 1.46. The Labute approximate surface area is 146 Å². The third kappa shape index (κ3) is 4.58. The van der Waals surface area contributed by atoms with Gasteiger partial charge in [0.05, 0.1) is 18.7 Å². The Morgan fingerprint density at radius 1 is 1.16 bits per heavy atom. The van der Waals surface area contributed by atoms with Crippen molar-refractivity contribution in [3.8, 4) is 17.6 Å². The molecule has 2 aromatic carbocycles. The van der Waals surface area contributed by atoms with Gasteiger partial charge in [-0.3, -0.25) is 9.59 Å². The highest BCUT2D eigenvalue weighted by molar-refractivity contribution is 5.95. The van der Waals surface area contributed by atoms with Gasteiger partial charge in [-0.25, -0.2) is 0 Å². The van der Waals surface area contributed by atoms with Crippen LogP contribution in [0.3, 0.4) is 0 Å². The van der Waals surface area contributed by atoms with Crippen LogP contribution in [0.25, 0.3) is 0 Å². The number of Topliss-reactive ketones (excluding diaryl/α,β-unsaturated/α-hetero) is 1. The highest BCUT2D eigenvalue weighted by Crippen LogP contribution is 2.29. The molecule has 0 aliphatic heterocycles. The molecule has 0 saturated heterocycles. The van der Waals surface area contributed by atoms with Crippen LogP contribution >= 0.6 is 0 Å². The molecule has 0 heterocycles. The van der Waals surface area contributed by atoms with E-state index in [4.69, 9.17) is 14.7 Å². The van der Waals surface area contributed by atoms with E-state index in [0.717, 1.165) is 0 Å². The molecular formula is C19H18N2O4. The van der Waals surface area contributed by atoms with Crippen LogP contribution in [0.5, 0.6) is 11.5 Å². The van der Waals surface area contributed by atoms with Crippen molar-refractivity contribution in [2.45, 2.75) is 20.0 Å². The summed E-state index contributed by atoms with van der Waals surface area (Å²) in [5, 5.41) is 11.6. The van der Waals surface area contributed by atoms with Crippen LogP contribution in [-0.2, 0) is 4.79 Å². The Morgan fingerprint density at radius 3 is 2.56 bits per heavy atom. The molecule has 0 aliphatic rings. The van der Waals surface area contributed by atoms with Crippen LogP contribution < -0.4 is 14.8 Å². The van der Waals surface area contributed by atoms with Crippen molar-refractivity contribution in [2.24, 2.45) is 0 Å². The van der Waals surface area contributed by atoms with E-state index in [-0.39, 0.29) is 11.7 Å². The molecule has 2 rings (SSSR count). The molecule has 25 heavy (non-hydrogen) atoms. The predicted octanol–water partition coefficient (Wildman–Crippen LogP) is 3.18. The Balaban J connectivity index is 2.10. The summed E-state index contributed by atoms with van der Waals surface area (Å²) in [6, 6.07) is 13.4. The number of hydrogen-bond acceptors (Lipinski definition) is 5. The van der Waals surface area contributed by atoms with Crippen LogP contribution in [0, 0.1) is 11.3 Å². The number of hydrogen-bond donors (Lipinski definition) is 1. The molecule has 6 heteroatoms. The molecule has 0 spiro atoms. The van der Waals surface area contributed by atoms with E-state index in [9.17, 15) is 9.59 Å². The monoisotopic (exact) mass is 338 g/mol. The van der Waals surface area contributed by atoms with Gasteiger partial charge in [-0.05, 0) is 50.2 Å². The van der Waals surface area contributed by atoms with Crippen molar-refractivity contribution in [1.29, 1.82) is 5.26 Å². The Morgan fingerprint density at radius 2 is 1.92 bits per heavy atom. The quantitative estimate of drug-likeness (QED) is 0.817. The first-order chi connectivity index (χ1) is 11.9. The lowest BCUT2D eigenvalue weighted by molar-refractivity contribution is -0.122. The zero-order valence-electron chi connectivity index (χ0n) is 14.2. The van der Waals surface area contributed by atoms with Gasteiger partial charge in [0.1, 0.15) is 0 Å². The second-order valence-corrected chi connectivity index (χ2v) is 5.36. The fourth-order valence-electron chi connectivity index (χ4n) is 2.14. The second-order valence-electron chi connectivity index (χ2n) is 5.36. The van der Waals surface area contributed by atoms with Crippen molar-refractivity contribution < 1.29 is 19.1 Å². The average molecular weight is 338 g/mol. The third-order valence-electron chi connectivity index (χ3n) is 3.50. The predicted molar refractivity (Wildman–Crippen MR) is 92.9 cm³/mol. The Hall–Kier alpha value is -3.33. The van der Waals surface area contributed by atoms with Crippen LogP contribution in [0.1, 0.15) is 29.8 Å². The molecular weight excluding hydrogens is 320 g/mol. The number of rotatable bonds is 6. The van der Waals surface area contributed by atoms with Gasteiger partial charge in [0.15, 0.2) is 23.4 Å². The molecule has 6 nitrogen and oxygen atoms in total. The van der Waals surface area contributed by atoms with E-state index in [1.54, 1.807) is 49.4 Å². The smallest absolute Gasteiger partial charge is 0.265 e. The molecule has 128 valence electrons. The van der Waals surface area contributed by atoms with Gasteiger partial charge >= 0.3 is 0 Å². The van der Waals surface area contributed by atoms with E-state index >= 15 is 0 Å². The molecule has 2 aromatic rings. The SMILES string of the molecule is COc1cc(C(C)=O)ccc1OC(C)C(=O)Nc1cccc(C#N)c1. The van der Waals surface area contributed by atoms with E-state index in [1.165, 1.54) is 14.0 Å². The van der Waals surface area contributed by atoms with E-state index in [1.807, 2.05) is 6.07 Å². The van der Waals surface area contributed by atoms with Crippen molar-refractivity contribution in [3.05, 3.63) is 53.6 Å². The van der Waals surface area contributed by atoms with Crippen LogP contribution in [-0.4, -0.2) is 24.9 Å². The Bertz CT molecular complexity index is 840. The lowest BCUT2D eigenvalue weighted by Crippen LogP contribution is -2.30. The lowest BCUT2D eigenvalue weighted by atomic mass is 10.1. The summed E-state index contributed by atoms with van der Waals surface area (Å²) in [6.45, 7) is 3.06. The number of nitrogens with one attached hydrogen (secondary N) is 1. The number of amides is 1. The number of carbonyl (C=O) groups excluding carboxylic acids is 2. The molecule has 0 aromatic heterocycles. The highest BCUT2D eigenvalue weighted by atomic mass is 16.5. The van der Waals surface area contributed by atoms with Crippen molar-refractivity contribution >= 4 is 17.4 Å². The van der Waals surface area contributed by atoms with Crippen LogP contribution in [0.15, 0.2) is 42.5 Å². The molecule has 0 radical (unpaired) electrons. The first kappa shape index (κ1) is 18.0. The van der Waals surface area contributed by atoms with Gasteiger partial charge < -0.3 is 14.8 Å². The van der Waals surface area contributed by atoms with Gasteiger partial charge in [-0.15, -0.1) is 0 Å². The molecule has 0 fully saturated rings. The first-order valence-corrected chi connectivity index (χ1v) is 7.61. The topological polar surface area (TPSA) is 88.4 Å². The minimum atomic E-state index is -0.803. The van der Waals surface area contributed by atoms with Gasteiger partial charge in [-0.1, -0.05) is 6.07 Å². The van der Waals surface area contributed by atoms with Crippen molar-refractivity contribution in [1.82, 2.24) is 0 Å². The summed E-state index contributed by atoms with van der Waals surface area (Å²) >= 11 is 0. The number of nitrogens with zero attached hydrogens (tertiary/aromatic N) is 1. The number of methoxy groups -OCH3 is 1. The van der Waals surface area contributed by atoms with Crippen LogP contribution in [0.2, 0.25) is 0 Å². The number of anilines is 1. The zero-order valence-corrected chi connectivity index (χ0v) is 14.2. The first-order valence-electron chi connectivity index (χ1n) is 7.61. The molecule has 0 saturated carbocycles. The number of benzene rings is 2. The molecule has 1 amide bonds. The maximum absolute atomic E-state index is 12.3. The Kier molecular flexibility index (Phi) is 5.75. The van der Waals surface area contributed by atoms with Crippen LogP contribution in [0.4, 0.5) is 5.69 Å². The number of nitriles is 1. The highest BCUT2D eigenvalue weighted by Gasteiger charge is 2.18. The molecule has 1 atom stereocenters. The zero-order chi connectivity index (χ0) is 18.4. The van der Waals surface area contributed by atoms with Gasteiger partial charge in [0.2, 0.25) is 0 Å². The second kappa shape index (κ2) is 7.97. The number of ether oxygens (including phenoxy) is 2. The maximum Gasteiger partial charge on any atom is 0.265 e. The van der Waals surface area contributed by atoms with E-state index in [2.05, 4.69) is 5.32 Å². The van der Waals surface area contributed by atoms with Crippen molar-refractivity contribution in [2.75, 3.05) is 12.4 Å². The normalized spacial score (nSPS) is 11.1. The molecule has 1 unspecified atom stereocenters. The maximum atomic E-state index is 12.3. The molecule has 1 N–H and O–H groups in total. The summed E-state index contributed by atoms with van der Waals surface area (Å²) in [4.78, 5) is 23.7. The number of carbonyl (C=O) groups is 2.